The summed E-state index contributed by atoms with van der Waals surface area (Å²) in [5, 5.41) is 0.0319. The Hall–Kier alpha value is -1.98. The third-order valence-electron chi connectivity index (χ3n) is 4.17. The van der Waals surface area contributed by atoms with Gasteiger partial charge in [0.2, 0.25) is 5.56 Å². The fraction of sp³-hybridized carbons (Fsp3) is 0.500. The molecule has 0 saturated heterocycles. The number of hydrogen-bond acceptors (Lipinski definition) is 2. The second-order valence-electron chi connectivity index (χ2n) is 6.11. The van der Waals surface area contributed by atoms with Crippen LogP contribution < -0.4 is 10.5 Å². The first kappa shape index (κ1) is 18.4. The zero-order valence-corrected chi connectivity index (χ0v) is 14.2. The van der Waals surface area contributed by atoms with Crippen molar-refractivity contribution in [3.05, 3.63) is 40.2 Å². The van der Waals surface area contributed by atoms with E-state index in [0.717, 1.165) is 31.5 Å². The minimum atomic E-state index is -4.56. The number of hydrogen-bond donors (Lipinski definition) is 1. The van der Waals surface area contributed by atoms with Crippen LogP contribution in [0.5, 0.6) is 0 Å². The van der Waals surface area contributed by atoms with Crippen molar-refractivity contribution in [3.8, 4) is 0 Å². The van der Waals surface area contributed by atoms with Gasteiger partial charge in [0.25, 0.3) is 0 Å². The van der Waals surface area contributed by atoms with E-state index in [4.69, 9.17) is 0 Å². The molecule has 1 N–H and O–H groups in total. The van der Waals surface area contributed by atoms with E-state index in [0.29, 0.717) is 6.07 Å². The number of benzene rings is 1. The van der Waals surface area contributed by atoms with Gasteiger partial charge in [-0.25, -0.2) is 0 Å². The fourth-order valence-corrected chi connectivity index (χ4v) is 3.07. The Bertz CT molecular complexity index is 752. The molecule has 0 aliphatic rings. The number of fused-ring (bicyclic) bond motifs is 1. The summed E-state index contributed by atoms with van der Waals surface area (Å²) in [5.41, 5.74) is -0.670. The summed E-state index contributed by atoms with van der Waals surface area (Å²) in [6.07, 6.45) is -1.68. The predicted molar refractivity (Wildman–Crippen MR) is 91.6 cm³/mol. The lowest BCUT2D eigenvalue weighted by atomic mass is 10.1. The Morgan fingerprint density at radius 1 is 1.17 bits per heavy atom. The summed E-state index contributed by atoms with van der Waals surface area (Å²) in [4.78, 5) is 16.1. The first-order chi connectivity index (χ1) is 11.3. The van der Waals surface area contributed by atoms with Gasteiger partial charge in [0.15, 0.2) is 0 Å². The first-order valence-electron chi connectivity index (χ1n) is 8.28. The normalized spacial score (nSPS) is 13.2. The summed E-state index contributed by atoms with van der Waals surface area (Å²) in [7, 11) is 0. The number of anilines is 1. The smallest absolute Gasteiger partial charge is 0.369 e. The lowest BCUT2D eigenvalue weighted by molar-refractivity contribution is -0.136. The lowest BCUT2D eigenvalue weighted by Gasteiger charge is -2.31. The molecule has 3 nitrogen and oxygen atoms in total. The van der Waals surface area contributed by atoms with Crippen molar-refractivity contribution in [2.45, 2.75) is 52.3 Å². The summed E-state index contributed by atoms with van der Waals surface area (Å²) in [6, 6.07) is 5.74. The molecule has 0 aliphatic carbocycles. The van der Waals surface area contributed by atoms with Crippen LogP contribution in [0.15, 0.2) is 29.1 Å². The van der Waals surface area contributed by atoms with E-state index in [2.05, 4.69) is 23.7 Å². The Kier molecular flexibility index (Phi) is 5.57. The molecule has 2 aromatic rings. The molecule has 0 aliphatic heterocycles. The van der Waals surface area contributed by atoms with Crippen LogP contribution in [0, 0.1) is 0 Å². The molecule has 0 fully saturated rings. The highest BCUT2D eigenvalue weighted by molar-refractivity contribution is 5.86. The topological polar surface area (TPSA) is 36.1 Å². The number of aromatic amines is 1. The number of halogens is 3. The zero-order valence-electron chi connectivity index (χ0n) is 14.2. The van der Waals surface area contributed by atoms with Gasteiger partial charge in [0.1, 0.15) is 0 Å². The summed E-state index contributed by atoms with van der Waals surface area (Å²) >= 11 is 0. The van der Waals surface area contributed by atoms with Crippen LogP contribution in [0.25, 0.3) is 10.9 Å². The molecule has 24 heavy (non-hydrogen) atoms. The summed E-state index contributed by atoms with van der Waals surface area (Å²) < 4.78 is 39.9. The van der Waals surface area contributed by atoms with Crippen molar-refractivity contribution in [1.82, 2.24) is 4.98 Å². The summed E-state index contributed by atoms with van der Waals surface area (Å²) in [6.45, 7) is 7.00. The van der Waals surface area contributed by atoms with Gasteiger partial charge in [0.05, 0.1) is 5.56 Å². The quantitative estimate of drug-likeness (QED) is 0.807. The molecule has 0 saturated carbocycles. The maximum absolute atomic E-state index is 13.3. The monoisotopic (exact) mass is 340 g/mol. The van der Waals surface area contributed by atoms with Gasteiger partial charge in [-0.2, -0.15) is 13.2 Å². The number of rotatable bonds is 6. The molecule has 0 amide bonds. The average molecular weight is 340 g/mol. The SMILES string of the molecule is CCCC(C)N(CCC)c1ccc2[nH]c(=O)cc(C(F)(F)F)c2c1. The van der Waals surface area contributed by atoms with Crippen LogP contribution in [-0.2, 0) is 6.18 Å². The van der Waals surface area contributed by atoms with E-state index < -0.39 is 17.3 Å². The minimum Gasteiger partial charge on any atom is -0.369 e. The number of aromatic nitrogens is 1. The molecule has 1 aromatic carbocycles. The van der Waals surface area contributed by atoms with Gasteiger partial charge < -0.3 is 9.88 Å². The summed E-state index contributed by atoms with van der Waals surface area (Å²) in [5.74, 6) is 0. The van der Waals surface area contributed by atoms with Gasteiger partial charge in [-0.3, -0.25) is 4.79 Å². The highest BCUT2D eigenvalue weighted by Gasteiger charge is 2.33. The minimum absolute atomic E-state index is 0.0319. The number of H-pyrrole nitrogens is 1. The Labute approximate surface area is 139 Å². The molecule has 0 spiro atoms. The first-order valence-corrected chi connectivity index (χ1v) is 8.28. The van der Waals surface area contributed by atoms with Crippen molar-refractivity contribution in [3.63, 3.8) is 0 Å². The Balaban J connectivity index is 2.60. The highest BCUT2D eigenvalue weighted by atomic mass is 19.4. The molecule has 0 radical (unpaired) electrons. The third kappa shape index (κ3) is 3.91. The maximum atomic E-state index is 13.3. The number of nitrogens with one attached hydrogen (secondary N) is 1. The molecule has 6 heteroatoms. The number of nitrogens with zero attached hydrogens (tertiary/aromatic N) is 1. The Morgan fingerprint density at radius 3 is 2.46 bits per heavy atom. The van der Waals surface area contributed by atoms with E-state index >= 15 is 0 Å². The van der Waals surface area contributed by atoms with Crippen LogP contribution in [0.3, 0.4) is 0 Å². The average Bonchev–Trinajstić information content (AvgIpc) is 2.50. The van der Waals surface area contributed by atoms with Crippen molar-refractivity contribution < 1.29 is 13.2 Å². The van der Waals surface area contributed by atoms with E-state index in [1.165, 1.54) is 6.07 Å². The van der Waals surface area contributed by atoms with Crippen molar-refractivity contribution in [1.29, 1.82) is 0 Å². The van der Waals surface area contributed by atoms with Gasteiger partial charge in [0, 0.05) is 35.2 Å². The van der Waals surface area contributed by atoms with Gasteiger partial charge in [-0.1, -0.05) is 20.3 Å². The molecule has 2 rings (SSSR count). The lowest BCUT2D eigenvalue weighted by Crippen LogP contribution is -2.33. The molecule has 1 heterocycles. The Morgan fingerprint density at radius 2 is 1.88 bits per heavy atom. The molecule has 1 unspecified atom stereocenters. The van der Waals surface area contributed by atoms with E-state index in [1.807, 2.05) is 6.92 Å². The molecule has 1 atom stereocenters. The van der Waals surface area contributed by atoms with E-state index in [9.17, 15) is 18.0 Å². The molecule has 132 valence electrons. The van der Waals surface area contributed by atoms with Crippen LogP contribution in [-0.4, -0.2) is 17.6 Å². The van der Waals surface area contributed by atoms with Crippen molar-refractivity contribution in [2.75, 3.05) is 11.4 Å². The second-order valence-corrected chi connectivity index (χ2v) is 6.11. The fourth-order valence-electron chi connectivity index (χ4n) is 3.07. The zero-order chi connectivity index (χ0) is 17.9. The van der Waals surface area contributed by atoms with Crippen LogP contribution in [0.1, 0.15) is 45.6 Å². The van der Waals surface area contributed by atoms with Crippen LogP contribution >= 0.6 is 0 Å². The van der Waals surface area contributed by atoms with Crippen LogP contribution in [0.2, 0.25) is 0 Å². The molecule has 1 aromatic heterocycles. The van der Waals surface area contributed by atoms with E-state index in [-0.39, 0.29) is 16.9 Å². The molecular formula is C18H23F3N2O. The molecular weight excluding hydrogens is 317 g/mol. The largest absolute Gasteiger partial charge is 0.417 e. The van der Waals surface area contributed by atoms with Gasteiger partial charge >= 0.3 is 6.18 Å². The predicted octanol–water partition coefficient (Wildman–Crippen LogP) is 4.95. The van der Waals surface area contributed by atoms with Crippen molar-refractivity contribution in [2.24, 2.45) is 0 Å². The third-order valence-corrected chi connectivity index (χ3v) is 4.17. The van der Waals surface area contributed by atoms with E-state index in [1.54, 1.807) is 12.1 Å². The van der Waals surface area contributed by atoms with Crippen molar-refractivity contribution >= 4 is 16.6 Å². The van der Waals surface area contributed by atoms with Crippen LogP contribution in [0.4, 0.5) is 18.9 Å². The van der Waals surface area contributed by atoms with Gasteiger partial charge in [-0.05, 0) is 38.0 Å². The number of pyridine rings is 1. The second kappa shape index (κ2) is 7.28. The molecule has 0 bridgehead atoms. The number of alkyl halides is 3. The maximum Gasteiger partial charge on any atom is 0.417 e. The van der Waals surface area contributed by atoms with Gasteiger partial charge in [-0.15, -0.1) is 0 Å². The highest BCUT2D eigenvalue weighted by Crippen LogP contribution is 2.35. The standard InChI is InChI=1S/C18H23F3N2O/c1-4-6-12(3)23(9-5-2)13-7-8-16-14(10-13)15(18(19,20)21)11-17(24)22-16/h7-8,10-12H,4-6,9H2,1-3H3,(H,22,24).